The number of aliphatic carboxylic acids is 1. The number of carboxylic acid groups (broad SMARTS) is 1. The molecule has 2 rings (SSSR count). The Hall–Kier alpha value is -2.77. The zero-order valence-corrected chi connectivity index (χ0v) is 19.1. The Morgan fingerprint density at radius 3 is 2.25 bits per heavy atom. The zero-order chi connectivity index (χ0) is 23.3. The average Bonchev–Trinajstić information content (AvgIpc) is 2.74. The molecule has 0 bridgehead atoms. The first-order chi connectivity index (χ1) is 15.3. The second kappa shape index (κ2) is 13.6. The molecule has 1 aromatic rings. The van der Waals surface area contributed by atoms with Crippen molar-refractivity contribution < 1.29 is 29.0 Å². The van der Waals surface area contributed by atoms with Crippen LogP contribution in [0.5, 0.6) is 5.75 Å². The van der Waals surface area contributed by atoms with E-state index in [1.165, 1.54) is 44.9 Å². The monoisotopic (exact) mass is 448 g/mol. The number of carbonyl (C=O) groups excluding carboxylic acids is 2. The van der Waals surface area contributed by atoms with Gasteiger partial charge in [0, 0.05) is 6.54 Å². The van der Waals surface area contributed by atoms with Crippen molar-refractivity contribution >= 4 is 18.0 Å². The van der Waals surface area contributed by atoms with E-state index >= 15 is 0 Å². The summed E-state index contributed by atoms with van der Waals surface area (Å²) in [6.07, 6.45) is 7.97. The summed E-state index contributed by atoms with van der Waals surface area (Å²) < 4.78 is 10.6. The first-order valence-electron chi connectivity index (χ1n) is 11.5. The van der Waals surface area contributed by atoms with Crippen LogP contribution in [0, 0.1) is 11.8 Å². The maximum Gasteiger partial charge on any atom is 0.408 e. The normalized spacial score (nSPS) is 15.8. The fourth-order valence-corrected chi connectivity index (χ4v) is 3.72. The molecule has 1 unspecified atom stereocenters. The molecule has 1 aliphatic rings. The van der Waals surface area contributed by atoms with Gasteiger partial charge in [0.1, 0.15) is 18.4 Å². The molecule has 1 aromatic carbocycles. The van der Waals surface area contributed by atoms with Gasteiger partial charge < -0.3 is 25.2 Å². The van der Waals surface area contributed by atoms with Gasteiger partial charge in [0.2, 0.25) is 0 Å². The Bertz CT molecular complexity index is 727. The summed E-state index contributed by atoms with van der Waals surface area (Å²) in [7, 11) is 0. The van der Waals surface area contributed by atoms with Crippen molar-refractivity contribution in [2.24, 2.45) is 11.8 Å². The average molecular weight is 449 g/mol. The number of alkyl carbamates (subject to hydrolysis) is 1. The van der Waals surface area contributed by atoms with E-state index in [1.807, 2.05) is 0 Å². The maximum absolute atomic E-state index is 12.1. The fraction of sp³-hybridized carbons (Fsp3) is 0.625. The highest BCUT2D eigenvalue weighted by Gasteiger charge is 2.24. The van der Waals surface area contributed by atoms with Crippen molar-refractivity contribution in [1.82, 2.24) is 10.6 Å². The summed E-state index contributed by atoms with van der Waals surface area (Å²) in [6, 6.07) is 5.86. The number of carbonyl (C=O) groups is 3. The number of carboxylic acids is 1. The van der Waals surface area contributed by atoms with Crippen LogP contribution in [0.4, 0.5) is 4.79 Å². The van der Waals surface area contributed by atoms with E-state index in [1.54, 1.807) is 38.1 Å². The van der Waals surface area contributed by atoms with Crippen LogP contribution in [0.25, 0.3) is 0 Å². The number of benzene rings is 1. The molecule has 0 heterocycles. The van der Waals surface area contributed by atoms with Gasteiger partial charge in [0.25, 0.3) is 5.91 Å². The molecule has 0 spiro atoms. The highest BCUT2D eigenvalue weighted by molar-refractivity contribution is 5.80. The molecular weight excluding hydrogens is 412 g/mol. The second-order valence-electron chi connectivity index (χ2n) is 8.73. The standard InChI is InChI=1S/C24H36N2O6/c1-17(2)22(23(28)29)26-24(30)32-15-19-10-12-20(13-11-19)31-16-21(27)25-14-18-8-6-4-3-5-7-9-18/h10-13,17-18,22H,3-9,14-16H2,1-2H3,(H,25,27)(H,26,30)(H,28,29). The van der Waals surface area contributed by atoms with Gasteiger partial charge in [-0.3, -0.25) is 4.79 Å². The van der Waals surface area contributed by atoms with Crippen molar-refractivity contribution in [1.29, 1.82) is 0 Å². The van der Waals surface area contributed by atoms with Crippen LogP contribution >= 0.6 is 0 Å². The second-order valence-corrected chi connectivity index (χ2v) is 8.73. The number of rotatable bonds is 10. The van der Waals surface area contributed by atoms with Gasteiger partial charge in [-0.05, 0) is 42.4 Å². The molecule has 1 atom stereocenters. The largest absolute Gasteiger partial charge is 0.484 e. The molecule has 1 fully saturated rings. The first-order valence-corrected chi connectivity index (χ1v) is 11.5. The topological polar surface area (TPSA) is 114 Å². The van der Waals surface area contributed by atoms with Crippen LogP contribution in [0.2, 0.25) is 0 Å². The van der Waals surface area contributed by atoms with E-state index in [2.05, 4.69) is 10.6 Å². The van der Waals surface area contributed by atoms with Gasteiger partial charge in [-0.25, -0.2) is 9.59 Å². The first kappa shape index (κ1) is 25.5. The van der Waals surface area contributed by atoms with Crippen molar-refractivity contribution in [3.05, 3.63) is 29.8 Å². The molecular formula is C24H36N2O6. The van der Waals surface area contributed by atoms with E-state index in [0.717, 1.165) is 5.56 Å². The molecule has 32 heavy (non-hydrogen) atoms. The van der Waals surface area contributed by atoms with Crippen LogP contribution in [0.1, 0.15) is 64.4 Å². The molecule has 0 aromatic heterocycles. The highest BCUT2D eigenvalue weighted by atomic mass is 16.5. The lowest BCUT2D eigenvalue weighted by Crippen LogP contribution is -2.44. The molecule has 8 heteroatoms. The molecule has 178 valence electrons. The molecule has 0 radical (unpaired) electrons. The number of amides is 2. The molecule has 8 nitrogen and oxygen atoms in total. The van der Waals surface area contributed by atoms with E-state index in [4.69, 9.17) is 14.6 Å². The minimum absolute atomic E-state index is 0.00157. The quantitative estimate of drug-likeness (QED) is 0.501. The SMILES string of the molecule is CC(C)C(NC(=O)OCc1ccc(OCC(=O)NCC2CCCCCCC2)cc1)C(=O)O. The van der Waals surface area contributed by atoms with Gasteiger partial charge in [-0.15, -0.1) is 0 Å². The van der Waals surface area contributed by atoms with E-state index in [0.29, 0.717) is 18.2 Å². The predicted molar refractivity (Wildman–Crippen MR) is 120 cm³/mol. The number of hydrogen-bond acceptors (Lipinski definition) is 5. The minimum atomic E-state index is -1.10. The summed E-state index contributed by atoms with van der Waals surface area (Å²) in [5.74, 6) is -0.390. The zero-order valence-electron chi connectivity index (χ0n) is 19.1. The van der Waals surface area contributed by atoms with Crippen molar-refractivity contribution in [2.45, 2.75) is 71.4 Å². The summed E-state index contributed by atoms with van der Waals surface area (Å²) >= 11 is 0. The van der Waals surface area contributed by atoms with Gasteiger partial charge in [0.15, 0.2) is 6.61 Å². The Labute approximate surface area is 190 Å². The Morgan fingerprint density at radius 1 is 1.03 bits per heavy atom. The molecule has 2 amide bonds. The number of nitrogens with one attached hydrogen (secondary N) is 2. The van der Waals surface area contributed by atoms with E-state index in [-0.39, 0.29) is 25.0 Å². The fourth-order valence-electron chi connectivity index (χ4n) is 3.72. The smallest absolute Gasteiger partial charge is 0.408 e. The minimum Gasteiger partial charge on any atom is -0.484 e. The number of hydrogen-bond donors (Lipinski definition) is 3. The van der Waals surface area contributed by atoms with Crippen LogP contribution in [0.15, 0.2) is 24.3 Å². The van der Waals surface area contributed by atoms with Gasteiger partial charge in [-0.1, -0.05) is 58.1 Å². The molecule has 3 N–H and O–H groups in total. The van der Waals surface area contributed by atoms with Gasteiger partial charge in [-0.2, -0.15) is 0 Å². The lowest BCUT2D eigenvalue weighted by atomic mass is 9.91. The highest BCUT2D eigenvalue weighted by Crippen LogP contribution is 2.21. The van der Waals surface area contributed by atoms with Crippen molar-refractivity contribution in [2.75, 3.05) is 13.2 Å². The Balaban J connectivity index is 1.68. The molecule has 1 aliphatic carbocycles. The van der Waals surface area contributed by atoms with E-state index < -0.39 is 18.1 Å². The van der Waals surface area contributed by atoms with Crippen LogP contribution in [-0.4, -0.2) is 42.3 Å². The third-order valence-electron chi connectivity index (χ3n) is 5.68. The third kappa shape index (κ3) is 9.58. The van der Waals surface area contributed by atoms with Gasteiger partial charge >= 0.3 is 12.1 Å². The predicted octanol–water partition coefficient (Wildman–Crippen LogP) is 3.88. The summed E-state index contributed by atoms with van der Waals surface area (Å²) in [4.78, 5) is 35.1. The summed E-state index contributed by atoms with van der Waals surface area (Å²) in [6.45, 7) is 4.07. The van der Waals surface area contributed by atoms with Crippen molar-refractivity contribution in [3.8, 4) is 5.75 Å². The lowest BCUT2D eigenvalue weighted by molar-refractivity contribution is -0.140. The molecule has 0 aliphatic heterocycles. The maximum atomic E-state index is 12.1. The lowest BCUT2D eigenvalue weighted by Gasteiger charge is -2.20. The van der Waals surface area contributed by atoms with Crippen molar-refractivity contribution in [3.63, 3.8) is 0 Å². The Morgan fingerprint density at radius 2 is 1.66 bits per heavy atom. The van der Waals surface area contributed by atoms with Crippen LogP contribution in [0.3, 0.4) is 0 Å². The van der Waals surface area contributed by atoms with E-state index in [9.17, 15) is 14.4 Å². The number of ether oxygens (including phenoxy) is 2. The molecule has 1 saturated carbocycles. The third-order valence-corrected chi connectivity index (χ3v) is 5.68. The summed E-state index contributed by atoms with van der Waals surface area (Å²) in [5.41, 5.74) is 0.720. The van der Waals surface area contributed by atoms with Crippen LogP contribution in [-0.2, 0) is 20.9 Å². The van der Waals surface area contributed by atoms with Gasteiger partial charge in [0.05, 0.1) is 0 Å². The Kier molecular flexibility index (Phi) is 10.8. The molecule has 0 saturated heterocycles. The van der Waals surface area contributed by atoms with Crippen LogP contribution < -0.4 is 15.4 Å². The summed E-state index contributed by atoms with van der Waals surface area (Å²) in [5, 5.41) is 14.4.